The molecular formula is C22H31N3O13. The van der Waals surface area contributed by atoms with E-state index in [-0.39, 0.29) is 11.4 Å². The van der Waals surface area contributed by atoms with E-state index < -0.39 is 91.2 Å². The first-order valence-corrected chi connectivity index (χ1v) is 11.6. The Labute approximate surface area is 216 Å². The van der Waals surface area contributed by atoms with E-state index in [4.69, 9.17) is 14.2 Å². The van der Waals surface area contributed by atoms with E-state index in [1.807, 2.05) is 0 Å². The zero-order valence-corrected chi connectivity index (χ0v) is 20.4. The van der Waals surface area contributed by atoms with Crippen molar-refractivity contribution < 1.29 is 59.4 Å². The van der Waals surface area contributed by atoms with Crippen LogP contribution in [0, 0.1) is 10.1 Å². The summed E-state index contributed by atoms with van der Waals surface area (Å²) in [5, 5.41) is 75.4. The lowest BCUT2D eigenvalue weighted by Gasteiger charge is -2.49. The number of anilines is 1. The molecule has 16 heteroatoms. The van der Waals surface area contributed by atoms with Gasteiger partial charge in [-0.3, -0.25) is 19.7 Å². The number of aliphatic hydroxyl groups is 6. The van der Waals surface area contributed by atoms with Crippen molar-refractivity contribution >= 4 is 23.2 Å². The van der Waals surface area contributed by atoms with E-state index >= 15 is 0 Å². The van der Waals surface area contributed by atoms with Crippen LogP contribution in [0.4, 0.5) is 11.4 Å². The number of rotatable bonds is 8. The Hall–Kier alpha value is -2.80. The van der Waals surface area contributed by atoms with Gasteiger partial charge in [-0.25, -0.2) is 0 Å². The molecule has 16 nitrogen and oxygen atoms in total. The van der Waals surface area contributed by atoms with Crippen molar-refractivity contribution in [2.75, 3.05) is 18.1 Å². The summed E-state index contributed by atoms with van der Waals surface area (Å²) in [7, 11) is 0. The number of ether oxygens (including phenoxy) is 3. The second kappa shape index (κ2) is 12.4. The molecule has 1 aromatic rings. The van der Waals surface area contributed by atoms with E-state index in [0.29, 0.717) is 0 Å². The lowest BCUT2D eigenvalue weighted by atomic mass is 9.93. The van der Waals surface area contributed by atoms with E-state index in [1.165, 1.54) is 12.1 Å². The summed E-state index contributed by atoms with van der Waals surface area (Å²) in [4.78, 5) is 35.6. The quantitative estimate of drug-likeness (QED) is 0.125. The number of carbonyl (C=O) groups excluding carboxylic acids is 2. The normalized spacial score (nSPS) is 35.4. The minimum atomic E-state index is -1.85. The molecule has 0 aromatic heterocycles. The molecule has 2 heterocycles. The average Bonchev–Trinajstić information content (AvgIpc) is 2.86. The third-order valence-corrected chi connectivity index (χ3v) is 6.36. The second-order valence-electron chi connectivity index (χ2n) is 8.93. The molecule has 0 spiro atoms. The fourth-order valence-electron chi connectivity index (χ4n) is 4.56. The average molecular weight is 545 g/mol. The second-order valence-corrected chi connectivity index (χ2v) is 8.93. The lowest BCUT2D eigenvalue weighted by Crippen LogP contribution is -2.69. The molecule has 0 aliphatic carbocycles. The molecular weight excluding hydrogens is 514 g/mol. The highest BCUT2D eigenvalue weighted by atomic mass is 16.7. The van der Waals surface area contributed by atoms with Crippen LogP contribution in [0.2, 0.25) is 0 Å². The summed E-state index contributed by atoms with van der Waals surface area (Å²) in [6, 6.07) is 1.76. The number of hydrogen-bond donors (Lipinski definition) is 7. The number of amides is 2. The van der Waals surface area contributed by atoms with Crippen molar-refractivity contribution in [1.29, 1.82) is 0 Å². The molecule has 1 aromatic carbocycles. The SMILES string of the molecule is CC(=O)N[C@H]1[C@H](O[C@H]2[C@H](O)[C@@H](N(C(C)=O)c3ccc([N+](=O)[O-])cc3)[C@H](O)O[C@@H]2CO)O[C@H](CO)[C@@H](O)[C@@H]1O. The van der Waals surface area contributed by atoms with Gasteiger partial charge in [-0.1, -0.05) is 0 Å². The van der Waals surface area contributed by atoms with Crippen LogP contribution in [0.5, 0.6) is 0 Å². The minimum Gasteiger partial charge on any atom is -0.394 e. The van der Waals surface area contributed by atoms with Gasteiger partial charge in [0.1, 0.15) is 48.7 Å². The number of aliphatic hydroxyl groups excluding tert-OH is 6. The van der Waals surface area contributed by atoms with Crippen molar-refractivity contribution in [3.05, 3.63) is 34.4 Å². The number of benzene rings is 1. The fourth-order valence-corrected chi connectivity index (χ4v) is 4.56. The summed E-state index contributed by atoms with van der Waals surface area (Å²) in [6.45, 7) is 0.729. The molecule has 3 rings (SSSR count). The van der Waals surface area contributed by atoms with Crippen LogP contribution in [0.25, 0.3) is 0 Å². The summed E-state index contributed by atoms with van der Waals surface area (Å²) in [5.41, 5.74) is -0.197. The van der Waals surface area contributed by atoms with E-state index in [1.54, 1.807) is 0 Å². The third kappa shape index (κ3) is 6.09. The Morgan fingerprint density at radius 3 is 2.11 bits per heavy atom. The van der Waals surface area contributed by atoms with Gasteiger partial charge < -0.3 is 55.1 Å². The zero-order chi connectivity index (χ0) is 28.3. The predicted octanol–water partition coefficient (Wildman–Crippen LogP) is -3.28. The maximum Gasteiger partial charge on any atom is 0.269 e. The smallest absolute Gasteiger partial charge is 0.269 e. The van der Waals surface area contributed by atoms with Crippen molar-refractivity contribution in [3.8, 4) is 0 Å². The Balaban J connectivity index is 1.95. The first-order chi connectivity index (χ1) is 17.9. The van der Waals surface area contributed by atoms with Gasteiger partial charge in [-0.05, 0) is 12.1 Å². The molecule has 2 aliphatic rings. The first-order valence-electron chi connectivity index (χ1n) is 11.6. The highest BCUT2D eigenvalue weighted by molar-refractivity contribution is 5.92. The predicted molar refractivity (Wildman–Crippen MR) is 124 cm³/mol. The largest absolute Gasteiger partial charge is 0.394 e. The van der Waals surface area contributed by atoms with Gasteiger partial charge in [-0.2, -0.15) is 0 Å². The molecule has 0 bridgehead atoms. The number of hydrogen-bond acceptors (Lipinski definition) is 13. The number of nitro groups is 1. The van der Waals surface area contributed by atoms with Gasteiger partial charge >= 0.3 is 0 Å². The highest BCUT2D eigenvalue weighted by Crippen LogP contribution is 2.33. The van der Waals surface area contributed by atoms with E-state index in [2.05, 4.69) is 5.32 Å². The van der Waals surface area contributed by atoms with Crippen LogP contribution >= 0.6 is 0 Å². The standard InChI is InChI=1S/C22H31N3O13/c1-9(28)23-15-18(31)17(30)13(7-26)37-22(15)38-20-14(8-27)36-21(33)16(19(20)32)24(10(2)29)11-3-5-12(6-4-11)25(34)35/h3-6,13-22,26-27,30-33H,7-8H2,1-2H3,(H,23,28)/t13-,14-,15-,16-,17-,18-,19-,20-,21-,22+/m1/s1. The zero-order valence-electron chi connectivity index (χ0n) is 20.4. The number of nitrogens with zero attached hydrogens (tertiary/aromatic N) is 2. The Morgan fingerprint density at radius 2 is 1.61 bits per heavy atom. The Morgan fingerprint density at radius 1 is 1.00 bits per heavy atom. The monoisotopic (exact) mass is 545 g/mol. The molecule has 2 amide bonds. The van der Waals surface area contributed by atoms with Crippen molar-refractivity contribution in [2.24, 2.45) is 0 Å². The van der Waals surface area contributed by atoms with Gasteiger partial charge in [0, 0.05) is 31.7 Å². The molecule has 38 heavy (non-hydrogen) atoms. The number of non-ortho nitro benzene ring substituents is 1. The topological polar surface area (TPSA) is 242 Å². The fraction of sp³-hybridized carbons (Fsp3) is 0.636. The molecule has 2 saturated heterocycles. The van der Waals surface area contributed by atoms with Crippen molar-refractivity contribution in [2.45, 2.75) is 75.1 Å². The van der Waals surface area contributed by atoms with Crippen molar-refractivity contribution in [1.82, 2.24) is 5.32 Å². The first kappa shape index (κ1) is 29.8. The van der Waals surface area contributed by atoms with Crippen LogP contribution in [-0.4, -0.2) is 122 Å². The van der Waals surface area contributed by atoms with Gasteiger partial charge in [0.25, 0.3) is 5.69 Å². The highest BCUT2D eigenvalue weighted by Gasteiger charge is 2.53. The Kier molecular flexibility index (Phi) is 9.69. The summed E-state index contributed by atoms with van der Waals surface area (Å²) in [6.07, 6.45) is -12.8. The maximum absolute atomic E-state index is 12.6. The molecule has 0 unspecified atom stereocenters. The molecule has 7 N–H and O–H groups in total. The van der Waals surface area contributed by atoms with Crippen LogP contribution in [0.15, 0.2) is 24.3 Å². The van der Waals surface area contributed by atoms with Gasteiger partial charge in [0.15, 0.2) is 12.6 Å². The summed E-state index contributed by atoms with van der Waals surface area (Å²) in [5.74, 6) is -1.31. The van der Waals surface area contributed by atoms with E-state index in [0.717, 1.165) is 30.9 Å². The Bertz CT molecular complexity index is 995. The molecule has 0 saturated carbocycles. The number of nitrogens with one attached hydrogen (secondary N) is 1. The van der Waals surface area contributed by atoms with Crippen molar-refractivity contribution in [3.63, 3.8) is 0 Å². The molecule has 2 fully saturated rings. The van der Waals surface area contributed by atoms with Crippen LogP contribution in [-0.2, 0) is 23.8 Å². The third-order valence-electron chi connectivity index (χ3n) is 6.36. The van der Waals surface area contributed by atoms with Crippen LogP contribution in [0.3, 0.4) is 0 Å². The summed E-state index contributed by atoms with van der Waals surface area (Å²) >= 11 is 0. The summed E-state index contributed by atoms with van der Waals surface area (Å²) < 4.78 is 16.7. The minimum absolute atomic E-state index is 0.0694. The van der Waals surface area contributed by atoms with Gasteiger partial charge in [-0.15, -0.1) is 0 Å². The molecule has 212 valence electrons. The van der Waals surface area contributed by atoms with Crippen LogP contribution < -0.4 is 10.2 Å². The van der Waals surface area contributed by atoms with E-state index in [9.17, 15) is 50.3 Å². The number of nitro benzene ring substituents is 1. The maximum atomic E-state index is 12.6. The van der Waals surface area contributed by atoms with Gasteiger partial charge in [0.05, 0.1) is 18.1 Å². The molecule has 2 aliphatic heterocycles. The van der Waals surface area contributed by atoms with Crippen LogP contribution in [0.1, 0.15) is 13.8 Å². The molecule has 10 atom stereocenters. The number of carbonyl (C=O) groups is 2. The molecule has 0 radical (unpaired) electrons. The van der Waals surface area contributed by atoms with Gasteiger partial charge in [0.2, 0.25) is 11.8 Å². The lowest BCUT2D eigenvalue weighted by molar-refractivity contribution is -0.384.